The fourth-order valence-corrected chi connectivity index (χ4v) is 3.48. The topological polar surface area (TPSA) is 38.5 Å². The van der Waals surface area contributed by atoms with Gasteiger partial charge in [0.15, 0.2) is 0 Å². The fourth-order valence-electron chi connectivity index (χ4n) is 3.48. The highest BCUT2D eigenvalue weighted by Crippen LogP contribution is 2.39. The van der Waals surface area contributed by atoms with Gasteiger partial charge in [0.25, 0.3) is 0 Å². The number of rotatable bonds is 6. The first-order chi connectivity index (χ1) is 10.0. The fraction of sp³-hybridized carbons (Fsp3) is 0.667. The average Bonchev–Trinajstić information content (AvgIpc) is 2.98. The molecule has 0 aromatic heterocycles. The van der Waals surface area contributed by atoms with Gasteiger partial charge in [0.1, 0.15) is 5.75 Å². The first kappa shape index (κ1) is 16.3. The molecule has 3 nitrogen and oxygen atoms in total. The molecule has 2 N–H and O–H groups in total. The summed E-state index contributed by atoms with van der Waals surface area (Å²) in [7, 11) is 1.69. The van der Waals surface area contributed by atoms with Gasteiger partial charge in [-0.1, -0.05) is 26.0 Å². The van der Waals surface area contributed by atoms with E-state index in [2.05, 4.69) is 37.8 Å². The first-order valence-corrected chi connectivity index (χ1v) is 8.19. The van der Waals surface area contributed by atoms with Crippen LogP contribution in [0, 0.1) is 5.41 Å². The van der Waals surface area contributed by atoms with Crippen LogP contribution in [-0.2, 0) is 0 Å². The van der Waals surface area contributed by atoms with Gasteiger partial charge in [-0.15, -0.1) is 0 Å². The van der Waals surface area contributed by atoms with Crippen molar-refractivity contribution < 1.29 is 4.74 Å². The van der Waals surface area contributed by atoms with Gasteiger partial charge in [0.2, 0.25) is 0 Å². The summed E-state index contributed by atoms with van der Waals surface area (Å²) >= 11 is 0. The Hall–Kier alpha value is -1.06. The van der Waals surface area contributed by atoms with E-state index in [0.717, 1.165) is 5.75 Å². The van der Waals surface area contributed by atoms with Crippen molar-refractivity contribution in [2.45, 2.75) is 52.1 Å². The Labute approximate surface area is 129 Å². The molecule has 1 aliphatic rings. The molecular weight excluding hydrogens is 260 g/mol. The van der Waals surface area contributed by atoms with E-state index in [1.807, 2.05) is 12.1 Å². The van der Waals surface area contributed by atoms with Crippen LogP contribution in [0.3, 0.4) is 0 Å². The van der Waals surface area contributed by atoms with Crippen molar-refractivity contribution >= 4 is 0 Å². The maximum absolute atomic E-state index is 6.50. The van der Waals surface area contributed by atoms with Gasteiger partial charge in [-0.2, -0.15) is 0 Å². The minimum atomic E-state index is 0.0559. The van der Waals surface area contributed by atoms with E-state index in [1.54, 1.807) is 7.11 Å². The van der Waals surface area contributed by atoms with Crippen LogP contribution >= 0.6 is 0 Å². The number of benzene rings is 1. The van der Waals surface area contributed by atoms with E-state index < -0.39 is 0 Å². The van der Waals surface area contributed by atoms with Crippen LogP contribution in [0.15, 0.2) is 24.3 Å². The minimum Gasteiger partial charge on any atom is -0.497 e. The highest BCUT2D eigenvalue weighted by Gasteiger charge is 2.38. The summed E-state index contributed by atoms with van der Waals surface area (Å²) in [4.78, 5) is 2.57. The van der Waals surface area contributed by atoms with Crippen molar-refractivity contribution in [3.63, 3.8) is 0 Å². The molecule has 0 amide bonds. The number of methoxy groups -OCH3 is 1. The van der Waals surface area contributed by atoms with Crippen LogP contribution in [0.1, 0.15) is 51.6 Å². The minimum absolute atomic E-state index is 0.0559. The molecule has 21 heavy (non-hydrogen) atoms. The Morgan fingerprint density at radius 3 is 2.33 bits per heavy atom. The molecule has 118 valence electrons. The van der Waals surface area contributed by atoms with Crippen LogP contribution in [0.2, 0.25) is 0 Å². The maximum Gasteiger partial charge on any atom is 0.118 e. The Kier molecular flexibility index (Phi) is 5.28. The second kappa shape index (κ2) is 6.80. The highest BCUT2D eigenvalue weighted by molar-refractivity contribution is 5.29. The summed E-state index contributed by atoms with van der Waals surface area (Å²) in [6.07, 6.45) is 3.84. The molecule has 0 saturated carbocycles. The van der Waals surface area contributed by atoms with Gasteiger partial charge in [0.05, 0.1) is 7.11 Å². The number of hydrogen-bond donors (Lipinski definition) is 1. The number of likely N-dealkylation sites (tertiary alicyclic amines) is 1. The van der Waals surface area contributed by atoms with Crippen LogP contribution < -0.4 is 10.5 Å². The molecule has 1 heterocycles. The smallest absolute Gasteiger partial charge is 0.118 e. The Morgan fingerprint density at radius 1 is 1.24 bits per heavy atom. The maximum atomic E-state index is 6.50. The molecule has 0 radical (unpaired) electrons. The molecule has 2 rings (SSSR count). The van der Waals surface area contributed by atoms with Gasteiger partial charge in [-0.3, -0.25) is 4.90 Å². The van der Waals surface area contributed by atoms with E-state index in [9.17, 15) is 0 Å². The number of ether oxygens (including phenoxy) is 1. The van der Waals surface area contributed by atoms with Crippen molar-refractivity contribution in [2.24, 2.45) is 11.1 Å². The first-order valence-electron chi connectivity index (χ1n) is 8.19. The zero-order valence-electron chi connectivity index (χ0n) is 13.9. The van der Waals surface area contributed by atoms with Gasteiger partial charge in [0, 0.05) is 18.6 Å². The molecule has 0 bridgehead atoms. The van der Waals surface area contributed by atoms with Gasteiger partial charge < -0.3 is 10.5 Å². The van der Waals surface area contributed by atoms with E-state index in [-0.39, 0.29) is 6.04 Å². The molecule has 3 heteroatoms. The standard InChI is InChI=1S/C18H30N2O/c1-5-18(6-2)11-12-20(13-18)14(3)17(19)15-7-9-16(21-4)10-8-15/h7-10,14,17H,5-6,11-13,19H2,1-4H3. The van der Waals surface area contributed by atoms with E-state index >= 15 is 0 Å². The van der Waals surface area contributed by atoms with Crippen LogP contribution in [0.4, 0.5) is 0 Å². The summed E-state index contributed by atoms with van der Waals surface area (Å²) < 4.78 is 5.21. The third-order valence-electron chi connectivity index (χ3n) is 5.56. The second-order valence-corrected chi connectivity index (χ2v) is 6.47. The van der Waals surface area contributed by atoms with Crippen molar-refractivity contribution in [2.75, 3.05) is 20.2 Å². The Balaban J connectivity index is 2.04. The van der Waals surface area contributed by atoms with Gasteiger partial charge in [-0.25, -0.2) is 0 Å². The normalized spacial score (nSPS) is 21.2. The lowest BCUT2D eigenvalue weighted by molar-refractivity contribution is 0.184. The lowest BCUT2D eigenvalue weighted by atomic mass is 9.82. The summed E-state index contributed by atoms with van der Waals surface area (Å²) in [6.45, 7) is 9.26. The average molecular weight is 290 g/mol. The molecule has 1 saturated heterocycles. The van der Waals surface area contributed by atoms with Crippen LogP contribution in [0.5, 0.6) is 5.75 Å². The third kappa shape index (κ3) is 3.41. The molecule has 0 aliphatic carbocycles. The molecule has 1 fully saturated rings. The van der Waals surface area contributed by atoms with Crippen molar-refractivity contribution in [3.8, 4) is 5.75 Å². The summed E-state index contributed by atoms with van der Waals surface area (Å²) in [5.41, 5.74) is 8.20. The monoisotopic (exact) mass is 290 g/mol. The lowest BCUT2D eigenvalue weighted by Gasteiger charge is -2.32. The SMILES string of the molecule is CCC1(CC)CCN(C(C)C(N)c2ccc(OC)cc2)C1. The largest absolute Gasteiger partial charge is 0.497 e. The molecule has 1 aliphatic heterocycles. The molecule has 2 atom stereocenters. The second-order valence-electron chi connectivity index (χ2n) is 6.47. The van der Waals surface area contributed by atoms with Crippen molar-refractivity contribution in [3.05, 3.63) is 29.8 Å². The molecule has 2 unspecified atom stereocenters. The highest BCUT2D eigenvalue weighted by atomic mass is 16.5. The van der Waals surface area contributed by atoms with Crippen LogP contribution in [-0.4, -0.2) is 31.1 Å². The molecule has 1 aromatic rings. The quantitative estimate of drug-likeness (QED) is 0.870. The Morgan fingerprint density at radius 2 is 1.86 bits per heavy atom. The zero-order chi connectivity index (χ0) is 15.5. The van der Waals surface area contributed by atoms with Crippen molar-refractivity contribution in [1.82, 2.24) is 4.90 Å². The summed E-state index contributed by atoms with van der Waals surface area (Å²) in [5, 5.41) is 0. The van der Waals surface area contributed by atoms with Crippen molar-refractivity contribution in [1.29, 1.82) is 0 Å². The van der Waals surface area contributed by atoms with E-state index in [0.29, 0.717) is 11.5 Å². The van der Waals surface area contributed by atoms with E-state index in [4.69, 9.17) is 10.5 Å². The molecule has 1 aromatic carbocycles. The molecular formula is C18H30N2O. The molecule has 0 spiro atoms. The number of hydrogen-bond acceptors (Lipinski definition) is 3. The summed E-state index contributed by atoms with van der Waals surface area (Å²) in [6, 6.07) is 8.59. The number of nitrogens with two attached hydrogens (primary N) is 1. The van der Waals surface area contributed by atoms with Gasteiger partial charge >= 0.3 is 0 Å². The van der Waals surface area contributed by atoms with E-state index in [1.165, 1.54) is 37.9 Å². The van der Waals surface area contributed by atoms with Crippen LogP contribution in [0.25, 0.3) is 0 Å². The third-order valence-corrected chi connectivity index (χ3v) is 5.56. The van der Waals surface area contributed by atoms with Gasteiger partial charge in [-0.05, 0) is 55.8 Å². The lowest BCUT2D eigenvalue weighted by Crippen LogP contribution is -2.40. The predicted octanol–water partition coefficient (Wildman–Crippen LogP) is 3.60. The predicted molar refractivity (Wildman–Crippen MR) is 88.6 cm³/mol. The summed E-state index contributed by atoms with van der Waals surface area (Å²) in [5.74, 6) is 0.885. The number of nitrogens with zero attached hydrogens (tertiary/aromatic N) is 1. The Bertz CT molecular complexity index is 439. The zero-order valence-corrected chi connectivity index (χ0v) is 13.9.